The molecule has 0 radical (unpaired) electrons. The first-order valence-electron chi connectivity index (χ1n) is 9.77. The minimum Gasteiger partial charge on any atom is -0.493 e. The lowest BCUT2D eigenvalue weighted by atomic mass is 9.87. The molecule has 3 aromatic rings. The molecule has 0 fully saturated rings. The third-order valence-electron chi connectivity index (χ3n) is 5.53. The van der Waals surface area contributed by atoms with Gasteiger partial charge in [-0.15, -0.1) is 0 Å². The van der Waals surface area contributed by atoms with Crippen LogP contribution in [0.3, 0.4) is 0 Å². The zero-order valence-corrected chi connectivity index (χ0v) is 16.6. The number of rotatable bonds is 4. The fourth-order valence-electron chi connectivity index (χ4n) is 3.86. The number of ether oxygens (including phenoxy) is 1. The molecule has 1 aliphatic rings. The number of hydrogen-bond donors (Lipinski definition) is 2. The number of fused-ring (bicyclic) bond motifs is 1. The summed E-state index contributed by atoms with van der Waals surface area (Å²) in [6.07, 6.45) is -5.03. The van der Waals surface area contributed by atoms with E-state index in [1.54, 1.807) is 18.2 Å². The molecule has 166 valence electrons. The summed E-state index contributed by atoms with van der Waals surface area (Å²) in [4.78, 5) is 11.5. The number of carboxylic acids is 1. The molecule has 0 saturated heterocycles. The van der Waals surface area contributed by atoms with Gasteiger partial charge in [0.05, 0.1) is 23.8 Å². The van der Waals surface area contributed by atoms with Crippen LogP contribution in [0.1, 0.15) is 33.2 Å². The van der Waals surface area contributed by atoms with E-state index >= 15 is 0 Å². The predicted molar refractivity (Wildman–Crippen MR) is 108 cm³/mol. The van der Waals surface area contributed by atoms with Crippen molar-refractivity contribution in [3.8, 4) is 16.9 Å². The number of aliphatic hydroxyl groups excluding tert-OH is 1. The van der Waals surface area contributed by atoms with Gasteiger partial charge in [0.2, 0.25) is 0 Å². The normalized spacial score (nSPS) is 18.0. The second kappa shape index (κ2) is 8.27. The number of aliphatic hydroxyl groups is 1. The summed E-state index contributed by atoms with van der Waals surface area (Å²) >= 11 is 0. The van der Waals surface area contributed by atoms with E-state index < -0.39 is 29.6 Å². The minimum atomic E-state index is -4.41. The number of carboxylic acid groups (broad SMARTS) is 1. The molecule has 2 atom stereocenters. The van der Waals surface area contributed by atoms with E-state index in [0.717, 1.165) is 24.3 Å². The number of halogens is 4. The molecule has 0 unspecified atom stereocenters. The largest absolute Gasteiger partial charge is 0.493 e. The zero-order chi connectivity index (χ0) is 23.0. The van der Waals surface area contributed by atoms with Crippen LogP contribution in [0.25, 0.3) is 11.1 Å². The summed E-state index contributed by atoms with van der Waals surface area (Å²) < 4.78 is 57.7. The van der Waals surface area contributed by atoms with E-state index in [0.29, 0.717) is 28.9 Å². The van der Waals surface area contributed by atoms with Gasteiger partial charge < -0.3 is 14.9 Å². The fourth-order valence-corrected chi connectivity index (χ4v) is 3.86. The molecule has 1 heterocycles. The quantitative estimate of drug-likeness (QED) is 0.520. The third kappa shape index (κ3) is 4.31. The Morgan fingerprint density at radius 2 is 1.75 bits per heavy atom. The first-order valence-corrected chi connectivity index (χ1v) is 9.77. The van der Waals surface area contributed by atoms with Gasteiger partial charge in [-0.3, -0.25) is 0 Å². The Hall–Kier alpha value is -3.39. The lowest BCUT2D eigenvalue weighted by molar-refractivity contribution is -0.137. The summed E-state index contributed by atoms with van der Waals surface area (Å²) in [6, 6.07) is 12.9. The smallest absolute Gasteiger partial charge is 0.416 e. The first-order chi connectivity index (χ1) is 15.1. The van der Waals surface area contributed by atoms with Crippen molar-refractivity contribution >= 4 is 5.97 Å². The van der Waals surface area contributed by atoms with E-state index in [1.807, 2.05) is 0 Å². The van der Waals surface area contributed by atoms with Gasteiger partial charge in [-0.1, -0.05) is 24.3 Å². The van der Waals surface area contributed by atoms with E-state index in [9.17, 15) is 32.6 Å². The van der Waals surface area contributed by atoms with E-state index in [1.165, 1.54) is 18.2 Å². The topological polar surface area (TPSA) is 66.8 Å². The van der Waals surface area contributed by atoms with Gasteiger partial charge in [-0.2, -0.15) is 13.2 Å². The summed E-state index contributed by atoms with van der Waals surface area (Å²) in [6.45, 7) is 0.119. The number of aromatic carboxylic acids is 1. The highest BCUT2D eigenvalue weighted by Gasteiger charge is 2.32. The SMILES string of the molecule is O=C(O)c1ccc(F)cc1-c1ccc2c(c1)OC[C@H](Cc1ccc(C(F)(F)F)cc1)[C@H]2O. The van der Waals surface area contributed by atoms with Crippen molar-refractivity contribution in [2.45, 2.75) is 18.7 Å². The van der Waals surface area contributed by atoms with Crippen molar-refractivity contribution in [1.82, 2.24) is 0 Å². The highest BCUT2D eigenvalue weighted by Crippen LogP contribution is 2.40. The first kappa shape index (κ1) is 21.8. The predicted octanol–water partition coefficient (Wildman–Crippen LogP) is 5.49. The number of hydrogen-bond acceptors (Lipinski definition) is 3. The Morgan fingerprint density at radius 3 is 2.41 bits per heavy atom. The highest BCUT2D eigenvalue weighted by atomic mass is 19.4. The molecule has 1 aliphatic heterocycles. The Labute approximate surface area is 180 Å². The zero-order valence-electron chi connectivity index (χ0n) is 16.6. The molecule has 3 aromatic carbocycles. The molecule has 0 spiro atoms. The van der Waals surface area contributed by atoms with E-state index in [4.69, 9.17) is 4.74 Å². The van der Waals surface area contributed by atoms with Crippen molar-refractivity contribution in [2.24, 2.45) is 5.92 Å². The maximum atomic E-state index is 13.7. The lowest BCUT2D eigenvalue weighted by Gasteiger charge is -2.31. The average molecular weight is 446 g/mol. The molecule has 4 nitrogen and oxygen atoms in total. The summed E-state index contributed by atoms with van der Waals surface area (Å²) in [5, 5.41) is 20.2. The molecule has 0 amide bonds. The van der Waals surface area contributed by atoms with Crippen molar-refractivity contribution in [3.63, 3.8) is 0 Å². The molecule has 8 heteroatoms. The molecule has 0 bridgehead atoms. The van der Waals surface area contributed by atoms with Crippen LogP contribution in [0.5, 0.6) is 5.75 Å². The van der Waals surface area contributed by atoms with Gasteiger partial charge in [0.25, 0.3) is 0 Å². The summed E-state index contributed by atoms with van der Waals surface area (Å²) in [7, 11) is 0. The maximum Gasteiger partial charge on any atom is 0.416 e. The molecule has 0 saturated carbocycles. The maximum absolute atomic E-state index is 13.7. The fraction of sp³-hybridized carbons (Fsp3) is 0.208. The average Bonchev–Trinajstić information content (AvgIpc) is 2.75. The second-order valence-corrected chi connectivity index (χ2v) is 7.66. The standard InChI is InChI=1S/C24H18F4O4/c25-17-6-8-18(23(30)31)20(11-17)14-3-7-19-21(10-14)32-12-15(22(19)29)9-13-1-4-16(5-2-13)24(26,27)28/h1-8,10-11,15,22,29H,9,12H2,(H,30,31)/t15-,22+/m0/s1. The molecule has 32 heavy (non-hydrogen) atoms. The monoisotopic (exact) mass is 446 g/mol. The Bertz CT molecular complexity index is 1160. The molecule has 2 N–H and O–H groups in total. The Morgan fingerprint density at radius 1 is 1.03 bits per heavy atom. The second-order valence-electron chi connectivity index (χ2n) is 7.66. The molecular formula is C24H18F4O4. The van der Waals surface area contributed by atoms with Crippen LogP contribution in [-0.2, 0) is 12.6 Å². The van der Waals surface area contributed by atoms with Gasteiger partial charge in [0.15, 0.2) is 0 Å². The highest BCUT2D eigenvalue weighted by molar-refractivity contribution is 5.96. The van der Waals surface area contributed by atoms with Gasteiger partial charge in [0, 0.05) is 11.5 Å². The van der Waals surface area contributed by atoms with Gasteiger partial charge >= 0.3 is 12.1 Å². The van der Waals surface area contributed by atoms with Crippen LogP contribution in [0.4, 0.5) is 17.6 Å². The Balaban J connectivity index is 1.57. The lowest BCUT2D eigenvalue weighted by Crippen LogP contribution is -2.27. The van der Waals surface area contributed by atoms with Crippen molar-refractivity contribution in [2.75, 3.05) is 6.61 Å². The van der Waals surface area contributed by atoms with Crippen LogP contribution in [0.2, 0.25) is 0 Å². The summed E-state index contributed by atoms with van der Waals surface area (Å²) in [5.74, 6) is -1.82. The molecular weight excluding hydrogens is 428 g/mol. The van der Waals surface area contributed by atoms with Gasteiger partial charge in [-0.05, 0) is 59.5 Å². The summed E-state index contributed by atoms with van der Waals surface area (Å²) in [5.41, 5.74) is 0.918. The number of carbonyl (C=O) groups is 1. The van der Waals surface area contributed by atoms with Gasteiger partial charge in [0.1, 0.15) is 11.6 Å². The van der Waals surface area contributed by atoms with E-state index in [-0.39, 0.29) is 23.7 Å². The van der Waals surface area contributed by atoms with Crippen molar-refractivity contribution in [3.05, 3.63) is 88.7 Å². The van der Waals surface area contributed by atoms with E-state index in [2.05, 4.69) is 0 Å². The van der Waals surface area contributed by atoms with Gasteiger partial charge in [-0.25, -0.2) is 9.18 Å². The molecule has 0 aromatic heterocycles. The molecule has 0 aliphatic carbocycles. The van der Waals surface area contributed by atoms with Crippen molar-refractivity contribution in [1.29, 1.82) is 0 Å². The Kier molecular flexibility index (Phi) is 5.64. The number of alkyl halides is 3. The number of benzene rings is 3. The van der Waals surface area contributed by atoms with Crippen LogP contribution >= 0.6 is 0 Å². The third-order valence-corrected chi connectivity index (χ3v) is 5.53. The minimum absolute atomic E-state index is 0.0668. The van der Waals surface area contributed by atoms with Crippen LogP contribution < -0.4 is 4.74 Å². The van der Waals surface area contributed by atoms with Crippen LogP contribution in [0, 0.1) is 11.7 Å². The van der Waals surface area contributed by atoms with Crippen molar-refractivity contribution < 1.29 is 37.3 Å². The van der Waals surface area contributed by atoms with Crippen LogP contribution in [-0.4, -0.2) is 22.8 Å². The molecule has 4 rings (SSSR count). The van der Waals surface area contributed by atoms with Crippen LogP contribution in [0.15, 0.2) is 60.7 Å².